The molecule has 1 heterocycles. The van der Waals surface area contributed by atoms with Gasteiger partial charge in [-0.15, -0.1) is 11.3 Å². The lowest BCUT2D eigenvalue weighted by molar-refractivity contribution is 0.136. The van der Waals surface area contributed by atoms with Crippen molar-refractivity contribution in [3.8, 4) is 0 Å². The molecule has 0 aliphatic heterocycles. The standard InChI is InChI=1S/C16H30N2OS/c1-5-8-17-11-15-6-7-16(20-15)13-18(9-10-19-4)12-14(2)3/h6-7,14,17H,5,8-13H2,1-4H3. The lowest BCUT2D eigenvalue weighted by atomic mass is 10.2. The first-order valence-electron chi connectivity index (χ1n) is 7.65. The van der Waals surface area contributed by atoms with Gasteiger partial charge in [-0.25, -0.2) is 0 Å². The van der Waals surface area contributed by atoms with Crippen LogP contribution >= 0.6 is 11.3 Å². The summed E-state index contributed by atoms with van der Waals surface area (Å²) in [5.41, 5.74) is 0. The zero-order valence-electron chi connectivity index (χ0n) is 13.4. The van der Waals surface area contributed by atoms with Crippen LogP contribution in [-0.4, -0.2) is 38.3 Å². The molecule has 0 aromatic carbocycles. The Kier molecular flexibility index (Phi) is 9.10. The number of hydrogen-bond donors (Lipinski definition) is 1. The zero-order valence-corrected chi connectivity index (χ0v) is 14.3. The highest BCUT2D eigenvalue weighted by Crippen LogP contribution is 2.18. The monoisotopic (exact) mass is 298 g/mol. The largest absolute Gasteiger partial charge is 0.383 e. The third-order valence-electron chi connectivity index (χ3n) is 3.06. The minimum Gasteiger partial charge on any atom is -0.383 e. The van der Waals surface area contributed by atoms with E-state index in [2.05, 4.69) is 43.1 Å². The highest BCUT2D eigenvalue weighted by molar-refractivity contribution is 7.11. The van der Waals surface area contributed by atoms with Crippen molar-refractivity contribution in [1.29, 1.82) is 0 Å². The number of nitrogens with zero attached hydrogens (tertiary/aromatic N) is 1. The van der Waals surface area contributed by atoms with E-state index in [1.165, 1.54) is 16.2 Å². The van der Waals surface area contributed by atoms with Crippen LogP contribution < -0.4 is 5.32 Å². The molecule has 20 heavy (non-hydrogen) atoms. The number of nitrogens with one attached hydrogen (secondary N) is 1. The third-order valence-corrected chi connectivity index (χ3v) is 4.13. The first kappa shape index (κ1) is 17.6. The van der Waals surface area contributed by atoms with E-state index in [1.54, 1.807) is 7.11 Å². The van der Waals surface area contributed by atoms with Crippen molar-refractivity contribution in [1.82, 2.24) is 10.2 Å². The predicted octanol–water partition coefficient (Wildman–Crippen LogP) is 3.35. The number of methoxy groups -OCH3 is 1. The quantitative estimate of drug-likeness (QED) is 0.634. The Morgan fingerprint density at radius 1 is 1.30 bits per heavy atom. The van der Waals surface area contributed by atoms with Crippen LogP contribution in [0, 0.1) is 5.92 Å². The molecule has 0 spiro atoms. The fourth-order valence-electron chi connectivity index (χ4n) is 2.18. The molecule has 0 atom stereocenters. The van der Waals surface area contributed by atoms with Crippen LogP contribution in [0.15, 0.2) is 12.1 Å². The van der Waals surface area contributed by atoms with E-state index >= 15 is 0 Å². The first-order valence-corrected chi connectivity index (χ1v) is 8.47. The molecule has 1 aromatic rings. The Morgan fingerprint density at radius 3 is 2.70 bits per heavy atom. The molecule has 0 saturated carbocycles. The molecule has 1 aromatic heterocycles. The Bertz CT molecular complexity index is 352. The van der Waals surface area contributed by atoms with Crippen molar-refractivity contribution in [2.24, 2.45) is 5.92 Å². The van der Waals surface area contributed by atoms with Gasteiger partial charge in [0.15, 0.2) is 0 Å². The van der Waals surface area contributed by atoms with E-state index in [0.717, 1.165) is 39.3 Å². The third kappa shape index (κ3) is 7.39. The summed E-state index contributed by atoms with van der Waals surface area (Å²) in [6, 6.07) is 4.53. The number of rotatable bonds is 11. The lowest BCUT2D eigenvalue weighted by Crippen LogP contribution is -2.30. The maximum absolute atomic E-state index is 5.21. The molecule has 0 radical (unpaired) electrons. The summed E-state index contributed by atoms with van der Waals surface area (Å²) in [7, 11) is 1.77. The van der Waals surface area contributed by atoms with Crippen molar-refractivity contribution in [3.63, 3.8) is 0 Å². The molecule has 0 fully saturated rings. The fourth-order valence-corrected chi connectivity index (χ4v) is 3.21. The van der Waals surface area contributed by atoms with Gasteiger partial charge < -0.3 is 10.1 Å². The molecule has 0 unspecified atom stereocenters. The van der Waals surface area contributed by atoms with Gasteiger partial charge in [-0.3, -0.25) is 4.90 Å². The minimum atomic E-state index is 0.692. The summed E-state index contributed by atoms with van der Waals surface area (Å²) in [6.45, 7) is 12.8. The normalized spacial score (nSPS) is 11.7. The predicted molar refractivity (Wildman–Crippen MR) is 88.3 cm³/mol. The Balaban J connectivity index is 2.46. The number of ether oxygens (including phenoxy) is 1. The SMILES string of the molecule is CCCNCc1ccc(CN(CCOC)CC(C)C)s1. The van der Waals surface area contributed by atoms with E-state index in [1.807, 2.05) is 11.3 Å². The van der Waals surface area contributed by atoms with Gasteiger partial charge in [0.05, 0.1) is 6.61 Å². The second kappa shape index (κ2) is 10.3. The van der Waals surface area contributed by atoms with E-state index in [-0.39, 0.29) is 0 Å². The average molecular weight is 298 g/mol. The highest BCUT2D eigenvalue weighted by Gasteiger charge is 2.09. The van der Waals surface area contributed by atoms with Crippen molar-refractivity contribution < 1.29 is 4.74 Å². The topological polar surface area (TPSA) is 24.5 Å². The van der Waals surface area contributed by atoms with Crippen molar-refractivity contribution in [2.75, 3.05) is 33.4 Å². The van der Waals surface area contributed by atoms with Crippen LogP contribution in [0.25, 0.3) is 0 Å². The molecule has 0 aliphatic rings. The molecule has 116 valence electrons. The van der Waals surface area contributed by atoms with Crippen LogP contribution in [0.3, 0.4) is 0 Å². The maximum atomic E-state index is 5.21. The van der Waals surface area contributed by atoms with Crippen LogP contribution in [0.2, 0.25) is 0 Å². The average Bonchev–Trinajstić information content (AvgIpc) is 2.83. The highest BCUT2D eigenvalue weighted by atomic mass is 32.1. The van der Waals surface area contributed by atoms with Crippen LogP contribution in [0.5, 0.6) is 0 Å². The van der Waals surface area contributed by atoms with E-state index < -0.39 is 0 Å². The smallest absolute Gasteiger partial charge is 0.0589 e. The number of hydrogen-bond acceptors (Lipinski definition) is 4. The van der Waals surface area contributed by atoms with Gasteiger partial charge in [-0.2, -0.15) is 0 Å². The van der Waals surface area contributed by atoms with Gasteiger partial charge >= 0.3 is 0 Å². The van der Waals surface area contributed by atoms with Crippen LogP contribution in [-0.2, 0) is 17.8 Å². The van der Waals surface area contributed by atoms with Gasteiger partial charge in [0.2, 0.25) is 0 Å². The Hall–Kier alpha value is -0.420. The molecule has 0 saturated heterocycles. The molecule has 0 bridgehead atoms. The molecular formula is C16H30N2OS. The molecule has 0 aliphatic carbocycles. The zero-order chi connectivity index (χ0) is 14.8. The molecular weight excluding hydrogens is 268 g/mol. The summed E-state index contributed by atoms with van der Waals surface area (Å²) in [6.07, 6.45) is 1.19. The minimum absolute atomic E-state index is 0.692. The van der Waals surface area contributed by atoms with Gasteiger partial charge in [0.1, 0.15) is 0 Å². The molecule has 1 rings (SSSR count). The van der Waals surface area contributed by atoms with Gasteiger partial charge in [0, 0.05) is 43.0 Å². The second-order valence-corrected chi connectivity index (χ2v) is 6.92. The van der Waals surface area contributed by atoms with Gasteiger partial charge in [0.25, 0.3) is 0 Å². The fraction of sp³-hybridized carbons (Fsp3) is 0.750. The number of thiophene rings is 1. The van der Waals surface area contributed by atoms with Crippen molar-refractivity contribution in [3.05, 3.63) is 21.9 Å². The first-order chi connectivity index (χ1) is 9.65. The molecule has 4 heteroatoms. The van der Waals surface area contributed by atoms with Crippen molar-refractivity contribution >= 4 is 11.3 Å². The van der Waals surface area contributed by atoms with Crippen LogP contribution in [0.4, 0.5) is 0 Å². The lowest BCUT2D eigenvalue weighted by Gasteiger charge is -2.23. The maximum Gasteiger partial charge on any atom is 0.0589 e. The van der Waals surface area contributed by atoms with E-state index in [4.69, 9.17) is 4.74 Å². The van der Waals surface area contributed by atoms with E-state index in [9.17, 15) is 0 Å². The van der Waals surface area contributed by atoms with Gasteiger partial charge in [-0.1, -0.05) is 20.8 Å². The molecule has 3 nitrogen and oxygen atoms in total. The summed E-state index contributed by atoms with van der Waals surface area (Å²) < 4.78 is 5.21. The Labute approximate surface area is 128 Å². The summed E-state index contributed by atoms with van der Waals surface area (Å²) in [5, 5.41) is 3.46. The van der Waals surface area contributed by atoms with Gasteiger partial charge in [-0.05, 0) is 31.0 Å². The van der Waals surface area contributed by atoms with E-state index in [0.29, 0.717) is 5.92 Å². The Morgan fingerprint density at radius 2 is 2.05 bits per heavy atom. The molecule has 1 N–H and O–H groups in total. The summed E-state index contributed by atoms with van der Waals surface area (Å²) in [4.78, 5) is 5.38. The summed E-state index contributed by atoms with van der Waals surface area (Å²) in [5.74, 6) is 0.692. The van der Waals surface area contributed by atoms with Crippen LogP contribution in [0.1, 0.15) is 36.9 Å². The summed E-state index contributed by atoms with van der Waals surface area (Å²) >= 11 is 1.93. The molecule has 0 amide bonds. The van der Waals surface area contributed by atoms with Crippen molar-refractivity contribution in [2.45, 2.75) is 40.3 Å². The second-order valence-electron chi connectivity index (χ2n) is 5.67.